The monoisotopic (exact) mass is 471 g/mol. The first-order valence-corrected chi connectivity index (χ1v) is 11.6. The summed E-state index contributed by atoms with van der Waals surface area (Å²) in [5.41, 5.74) is 3.23. The molecule has 166 valence electrons. The van der Waals surface area contributed by atoms with Crippen molar-refractivity contribution in [2.45, 2.75) is 11.8 Å². The third-order valence-electron chi connectivity index (χ3n) is 4.35. The van der Waals surface area contributed by atoms with Crippen molar-refractivity contribution in [1.82, 2.24) is 5.43 Å². The molecule has 0 heterocycles. The number of benzene rings is 3. The zero-order valence-corrected chi connectivity index (χ0v) is 18.9. The Bertz CT molecular complexity index is 1200. The van der Waals surface area contributed by atoms with Crippen LogP contribution >= 0.6 is 11.6 Å². The van der Waals surface area contributed by atoms with E-state index in [1.807, 2.05) is 0 Å². The van der Waals surface area contributed by atoms with Crippen LogP contribution < -0.4 is 14.5 Å². The molecule has 9 heteroatoms. The molecule has 0 atom stereocenters. The fraction of sp³-hybridized carbons (Fsp3) is 0.130. The lowest BCUT2D eigenvalue weighted by Crippen LogP contribution is -2.39. The fourth-order valence-electron chi connectivity index (χ4n) is 2.88. The van der Waals surface area contributed by atoms with Gasteiger partial charge in [0.1, 0.15) is 12.3 Å². The molecule has 1 N–H and O–H groups in total. The number of carbonyl (C=O) groups is 1. The highest BCUT2D eigenvalue weighted by Crippen LogP contribution is 2.32. The number of sulfonamides is 1. The van der Waals surface area contributed by atoms with Crippen molar-refractivity contribution in [3.63, 3.8) is 0 Å². The van der Waals surface area contributed by atoms with E-state index in [0.717, 1.165) is 4.31 Å². The number of hydrazone groups is 1. The molecular weight excluding hydrogens is 450 g/mol. The summed E-state index contributed by atoms with van der Waals surface area (Å²) >= 11 is 6.07. The normalized spacial score (nSPS) is 11.3. The molecule has 0 unspecified atom stereocenters. The highest BCUT2D eigenvalue weighted by molar-refractivity contribution is 7.92. The number of amides is 1. The Hall–Kier alpha value is -3.36. The highest BCUT2D eigenvalue weighted by atomic mass is 35.5. The van der Waals surface area contributed by atoms with Gasteiger partial charge in [-0.05, 0) is 37.3 Å². The van der Waals surface area contributed by atoms with Crippen molar-refractivity contribution in [3.05, 3.63) is 89.4 Å². The first kappa shape index (κ1) is 23.3. The summed E-state index contributed by atoms with van der Waals surface area (Å²) < 4.78 is 33.4. The van der Waals surface area contributed by atoms with Crippen LogP contribution in [0.1, 0.15) is 12.5 Å². The van der Waals surface area contributed by atoms with E-state index in [1.54, 1.807) is 73.7 Å². The van der Waals surface area contributed by atoms with Gasteiger partial charge in [0.15, 0.2) is 0 Å². The molecule has 3 aromatic rings. The van der Waals surface area contributed by atoms with Crippen LogP contribution in [-0.2, 0) is 14.8 Å². The van der Waals surface area contributed by atoms with Crippen LogP contribution in [-0.4, -0.2) is 33.7 Å². The predicted octanol–water partition coefficient (Wildman–Crippen LogP) is 4.08. The number of ether oxygens (including phenoxy) is 1. The first-order chi connectivity index (χ1) is 15.4. The van der Waals surface area contributed by atoms with Crippen molar-refractivity contribution < 1.29 is 17.9 Å². The number of hydrogen-bond donors (Lipinski definition) is 1. The van der Waals surface area contributed by atoms with Gasteiger partial charge in [-0.2, -0.15) is 5.10 Å². The number of nitrogens with one attached hydrogen (secondary N) is 1. The zero-order chi connectivity index (χ0) is 23.0. The van der Waals surface area contributed by atoms with Crippen LogP contribution in [0.25, 0.3) is 0 Å². The number of hydrogen-bond acceptors (Lipinski definition) is 5. The molecule has 0 spiro atoms. The summed E-state index contributed by atoms with van der Waals surface area (Å²) in [6.45, 7) is 1.63. The van der Waals surface area contributed by atoms with Crippen LogP contribution in [0.2, 0.25) is 5.02 Å². The lowest BCUT2D eigenvalue weighted by atomic mass is 10.2. The van der Waals surface area contributed by atoms with Crippen LogP contribution in [0.4, 0.5) is 5.69 Å². The molecule has 0 radical (unpaired) electrons. The molecule has 0 bridgehead atoms. The molecule has 0 aliphatic rings. The smallest absolute Gasteiger partial charge is 0.264 e. The van der Waals surface area contributed by atoms with Crippen molar-refractivity contribution in [2.75, 3.05) is 17.5 Å². The van der Waals surface area contributed by atoms with Crippen LogP contribution in [0.15, 0.2) is 88.9 Å². The average Bonchev–Trinajstić information content (AvgIpc) is 2.80. The lowest BCUT2D eigenvalue weighted by Gasteiger charge is -2.25. The number of nitrogens with zero attached hydrogens (tertiary/aromatic N) is 2. The van der Waals surface area contributed by atoms with E-state index in [-0.39, 0.29) is 10.6 Å². The molecule has 0 aliphatic carbocycles. The minimum absolute atomic E-state index is 0.0543. The molecule has 0 aliphatic heterocycles. The Balaban J connectivity index is 1.90. The summed E-state index contributed by atoms with van der Waals surface area (Å²) in [5.74, 6) is -0.277. The van der Waals surface area contributed by atoms with Crippen LogP contribution in [0.3, 0.4) is 0 Å². The molecule has 3 aromatic carbocycles. The minimum Gasteiger partial charge on any atom is -0.492 e. The van der Waals surface area contributed by atoms with Crippen molar-refractivity contribution in [2.24, 2.45) is 5.10 Å². The van der Waals surface area contributed by atoms with Crippen molar-refractivity contribution in [1.29, 1.82) is 0 Å². The minimum atomic E-state index is -4.05. The van der Waals surface area contributed by atoms with E-state index in [2.05, 4.69) is 10.5 Å². The second-order valence-electron chi connectivity index (χ2n) is 6.54. The van der Waals surface area contributed by atoms with Gasteiger partial charge in [0.05, 0.1) is 23.4 Å². The quantitative estimate of drug-likeness (QED) is 0.376. The van der Waals surface area contributed by atoms with Crippen molar-refractivity contribution in [3.8, 4) is 5.75 Å². The molecule has 0 fully saturated rings. The highest BCUT2D eigenvalue weighted by Gasteiger charge is 2.29. The number of para-hydroxylation sites is 2. The van der Waals surface area contributed by atoms with E-state index in [1.165, 1.54) is 18.3 Å². The Morgan fingerprint density at radius 3 is 2.41 bits per heavy atom. The summed E-state index contributed by atoms with van der Waals surface area (Å²) in [6, 6.07) is 21.5. The molecular formula is C23H22ClN3O4S. The summed E-state index contributed by atoms with van der Waals surface area (Å²) in [5, 5.41) is 4.38. The number of rotatable bonds is 9. The predicted molar refractivity (Wildman–Crippen MR) is 126 cm³/mol. The van der Waals surface area contributed by atoms with Gasteiger partial charge in [-0.15, -0.1) is 0 Å². The van der Waals surface area contributed by atoms with Gasteiger partial charge in [-0.3, -0.25) is 9.10 Å². The molecule has 7 nitrogen and oxygen atoms in total. The lowest BCUT2D eigenvalue weighted by molar-refractivity contribution is -0.119. The summed E-state index contributed by atoms with van der Waals surface area (Å²) in [7, 11) is -4.05. The SMILES string of the molecule is CCOc1ccccc1N(CC(=O)N/N=C\c1ccccc1Cl)S(=O)(=O)c1ccccc1. The molecule has 0 aromatic heterocycles. The van der Waals surface area contributed by atoms with Crippen LogP contribution in [0.5, 0.6) is 5.75 Å². The largest absolute Gasteiger partial charge is 0.492 e. The Morgan fingerprint density at radius 2 is 1.69 bits per heavy atom. The Kier molecular flexibility index (Phi) is 7.86. The average molecular weight is 472 g/mol. The third-order valence-corrected chi connectivity index (χ3v) is 6.47. The molecule has 0 saturated carbocycles. The zero-order valence-electron chi connectivity index (χ0n) is 17.3. The van der Waals surface area contributed by atoms with E-state index in [9.17, 15) is 13.2 Å². The number of anilines is 1. The Morgan fingerprint density at radius 1 is 1.03 bits per heavy atom. The summed E-state index contributed by atoms with van der Waals surface area (Å²) in [6.07, 6.45) is 1.39. The topological polar surface area (TPSA) is 88.1 Å². The number of carbonyl (C=O) groups excluding carboxylic acids is 1. The molecule has 0 saturated heterocycles. The van der Waals surface area contributed by atoms with Gasteiger partial charge in [0.2, 0.25) is 0 Å². The van der Waals surface area contributed by atoms with Crippen molar-refractivity contribution >= 4 is 39.4 Å². The van der Waals surface area contributed by atoms with Gasteiger partial charge in [0.25, 0.3) is 15.9 Å². The van der Waals surface area contributed by atoms with E-state index in [0.29, 0.717) is 22.9 Å². The van der Waals surface area contributed by atoms with Gasteiger partial charge < -0.3 is 4.74 Å². The standard InChI is InChI=1S/C23H22ClN3O4S/c1-2-31-22-15-9-8-14-21(22)27(32(29,30)19-11-4-3-5-12-19)17-23(28)26-25-16-18-10-6-7-13-20(18)24/h3-16H,2,17H2,1H3,(H,26,28)/b25-16-. The van der Waals surface area contributed by atoms with Crippen LogP contribution in [0, 0.1) is 0 Å². The maximum absolute atomic E-state index is 13.4. The van der Waals surface area contributed by atoms with Gasteiger partial charge in [-0.25, -0.2) is 13.8 Å². The fourth-order valence-corrected chi connectivity index (χ4v) is 4.52. The second kappa shape index (κ2) is 10.8. The van der Waals surface area contributed by atoms with Gasteiger partial charge in [0, 0.05) is 10.6 Å². The Labute approximate surface area is 192 Å². The molecule has 3 rings (SSSR count). The van der Waals surface area contributed by atoms with E-state index in [4.69, 9.17) is 16.3 Å². The number of halogens is 1. The van der Waals surface area contributed by atoms with E-state index >= 15 is 0 Å². The molecule has 1 amide bonds. The second-order valence-corrected chi connectivity index (χ2v) is 8.81. The van der Waals surface area contributed by atoms with Gasteiger partial charge >= 0.3 is 0 Å². The maximum atomic E-state index is 13.4. The first-order valence-electron chi connectivity index (χ1n) is 9.79. The summed E-state index contributed by atoms with van der Waals surface area (Å²) in [4.78, 5) is 12.7. The third kappa shape index (κ3) is 5.66. The van der Waals surface area contributed by atoms with Gasteiger partial charge in [-0.1, -0.05) is 60.1 Å². The maximum Gasteiger partial charge on any atom is 0.264 e. The van der Waals surface area contributed by atoms with E-state index < -0.39 is 22.5 Å². The molecule has 32 heavy (non-hydrogen) atoms.